The molecule has 2 heterocycles. The van der Waals surface area contributed by atoms with E-state index in [0.717, 1.165) is 13.1 Å². The molecule has 4 nitrogen and oxygen atoms in total. The summed E-state index contributed by atoms with van der Waals surface area (Å²) in [6.07, 6.45) is -0.0889. The molecule has 2 rings (SSSR count). The van der Waals surface area contributed by atoms with E-state index in [-0.39, 0.29) is 18.2 Å². The van der Waals surface area contributed by atoms with E-state index < -0.39 is 0 Å². The molecule has 10 heavy (non-hydrogen) atoms. The number of nitrogens with one attached hydrogen (secondary N) is 1. The number of ether oxygens (including phenoxy) is 1. The number of likely N-dealkylation sites (N-methyl/N-ethyl adjacent to an activating group) is 1. The van der Waals surface area contributed by atoms with Gasteiger partial charge in [0.2, 0.25) is 0 Å². The van der Waals surface area contributed by atoms with E-state index in [0.29, 0.717) is 0 Å². The Bertz CT molecular complexity index is 171. The number of rotatable bonds is 0. The zero-order chi connectivity index (χ0) is 7.14. The number of hydrogen-bond acceptors (Lipinski definition) is 3. The standard InChI is InChI=1S/C6H10N2O2/c1-8-4-2-7-3-5(4)10-6(8)9/h4-5,7H,2-3H2,1H3/t4-,5-/m0/s1. The summed E-state index contributed by atoms with van der Waals surface area (Å²) in [6.45, 7) is 1.67. The van der Waals surface area contributed by atoms with Crippen LogP contribution in [0, 0.1) is 0 Å². The highest BCUT2D eigenvalue weighted by Gasteiger charge is 2.42. The van der Waals surface area contributed by atoms with Crippen LogP contribution in [0.5, 0.6) is 0 Å². The van der Waals surface area contributed by atoms with Gasteiger partial charge in [-0.15, -0.1) is 0 Å². The molecule has 2 fully saturated rings. The Balaban J connectivity index is 2.16. The van der Waals surface area contributed by atoms with Crippen molar-refractivity contribution in [3.63, 3.8) is 0 Å². The van der Waals surface area contributed by atoms with E-state index in [1.165, 1.54) is 0 Å². The van der Waals surface area contributed by atoms with Crippen molar-refractivity contribution in [1.82, 2.24) is 10.2 Å². The molecule has 1 N–H and O–H groups in total. The third-order valence-electron chi connectivity index (χ3n) is 2.17. The van der Waals surface area contributed by atoms with Gasteiger partial charge in [-0.3, -0.25) is 0 Å². The average Bonchev–Trinajstić information content (AvgIpc) is 2.41. The van der Waals surface area contributed by atoms with Crippen LogP contribution < -0.4 is 5.32 Å². The van der Waals surface area contributed by atoms with Crippen LogP contribution in [-0.4, -0.2) is 43.3 Å². The quantitative estimate of drug-likeness (QED) is 0.491. The van der Waals surface area contributed by atoms with Crippen molar-refractivity contribution in [3.8, 4) is 0 Å². The molecule has 1 amide bonds. The Morgan fingerprint density at radius 2 is 2.50 bits per heavy atom. The molecule has 2 aliphatic rings. The van der Waals surface area contributed by atoms with Gasteiger partial charge < -0.3 is 15.0 Å². The second-order valence-corrected chi connectivity index (χ2v) is 2.76. The summed E-state index contributed by atoms with van der Waals surface area (Å²) < 4.78 is 5.02. The highest BCUT2D eigenvalue weighted by Crippen LogP contribution is 2.19. The smallest absolute Gasteiger partial charge is 0.410 e. The van der Waals surface area contributed by atoms with Crippen molar-refractivity contribution in [1.29, 1.82) is 0 Å². The zero-order valence-electron chi connectivity index (χ0n) is 5.83. The van der Waals surface area contributed by atoms with Crippen molar-refractivity contribution < 1.29 is 9.53 Å². The van der Waals surface area contributed by atoms with Crippen molar-refractivity contribution in [2.75, 3.05) is 20.1 Å². The van der Waals surface area contributed by atoms with Gasteiger partial charge in [0.05, 0.1) is 6.04 Å². The molecule has 56 valence electrons. The first-order valence-corrected chi connectivity index (χ1v) is 3.43. The van der Waals surface area contributed by atoms with E-state index in [9.17, 15) is 4.79 Å². The van der Waals surface area contributed by atoms with E-state index in [1.807, 2.05) is 0 Å². The fourth-order valence-corrected chi connectivity index (χ4v) is 1.50. The molecule has 0 aromatic rings. The number of amides is 1. The predicted molar refractivity (Wildman–Crippen MR) is 34.7 cm³/mol. The summed E-state index contributed by atoms with van der Waals surface area (Å²) >= 11 is 0. The minimum Gasteiger partial charge on any atom is -0.442 e. The molecule has 2 aliphatic heterocycles. The first kappa shape index (κ1) is 5.97. The van der Waals surface area contributed by atoms with Crippen LogP contribution in [0.4, 0.5) is 4.79 Å². The number of hydrogen-bond donors (Lipinski definition) is 1. The Labute approximate surface area is 59.1 Å². The van der Waals surface area contributed by atoms with Gasteiger partial charge in [-0.25, -0.2) is 4.79 Å². The minimum absolute atomic E-state index is 0.0949. The van der Waals surface area contributed by atoms with Gasteiger partial charge in [-0.2, -0.15) is 0 Å². The molecule has 0 bridgehead atoms. The summed E-state index contributed by atoms with van der Waals surface area (Å²) in [5.74, 6) is 0. The lowest BCUT2D eigenvalue weighted by Gasteiger charge is -2.11. The highest BCUT2D eigenvalue weighted by atomic mass is 16.6. The Hall–Kier alpha value is -0.770. The molecule has 0 aliphatic carbocycles. The number of carbonyl (C=O) groups excluding carboxylic acids is 1. The minimum atomic E-state index is -0.184. The Morgan fingerprint density at radius 1 is 1.70 bits per heavy atom. The van der Waals surface area contributed by atoms with Gasteiger partial charge in [-0.1, -0.05) is 0 Å². The Morgan fingerprint density at radius 3 is 3.20 bits per heavy atom. The Kier molecular flexibility index (Phi) is 1.11. The molecule has 0 aromatic heterocycles. The molecular weight excluding hydrogens is 132 g/mol. The van der Waals surface area contributed by atoms with Crippen LogP contribution in [0.25, 0.3) is 0 Å². The van der Waals surface area contributed by atoms with E-state index in [1.54, 1.807) is 11.9 Å². The molecular formula is C6H10N2O2. The second-order valence-electron chi connectivity index (χ2n) is 2.76. The van der Waals surface area contributed by atoms with Gasteiger partial charge >= 0.3 is 6.09 Å². The fraction of sp³-hybridized carbons (Fsp3) is 0.833. The van der Waals surface area contributed by atoms with Gasteiger partial charge in [-0.05, 0) is 0 Å². The van der Waals surface area contributed by atoms with Gasteiger partial charge in [0, 0.05) is 20.1 Å². The molecule has 4 heteroatoms. The largest absolute Gasteiger partial charge is 0.442 e. The van der Waals surface area contributed by atoms with Gasteiger partial charge in [0.25, 0.3) is 0 Å². The van der Waals surface area contributed by atoms with Crippen LogP contribution in [0.1, 0.15) is 0 Å². The van der Waals surface area contributed by atoms with Crippen molar-refractivity contribution in [3.05, 3.63) is 0 Å². The average molecular weight is 142 g/mol. The van der Waals surface area contributed by atoms with Crippen LogP contribution >= 0.6 is 0 Å². The summed E-state index contributed by atoms with van der Waals surface area (Å²) in [5.41, 5.74) is 0. The maximum Gasteiger partial charge on any atom is 0.410 e. The molecule has 0 unspecified atom stereocenters. The number of nitrogens with zero attached hydrogens (tertiary/aromatic N) is 1. The van der Waals surface area contributed by atoms with Crippen LogP contribution in [0.15, 0.2) is 0 Å². The van der Waals surface area contributed by atoms with Crippen molar-refractivity contribution >= 4 is 6.09 Å². The summed E-state index contributed by atoms with van der Waals surface area (Å²) in [5, 5.41) is 3.16. The molecule has 0 spiro atoms. The first-order valence-electron chi connectivity index (χ1n) is 3.43. The first-order chi connectivity index (χ1) is 4.79. The maximum atomic E-state index is 10.9. The van der Waals surface area contributed by atoms with Gasteiger partial charge in [0.15, 0.2) is 0 Å². The van der Waals surface area contributed by atoms with E-state index in [2.05, 4.69) is 5.32 Å². The third-order valence-corrected chi connectivity index (χ3v) is 2.17. The van der Waals surface area contributed by atoms with Crippen molar-refractivity contribution in [2.45, 2.75) is 12.1 Å². The van der Waals surface area contributed by atoms with Gasteiger partial charge in [0.1, 0.15) is 6.10 Å². The molecule has 2 atom stereocenters. The fourth-order valence-electron chi connectivity index (χ4n) is 1.50. The monoisotopic (exact) mass is 142 g/mol. The van der Waals surface area contributed by atoms with Crippen LogP contribution in [0.2, 0.25) is 0 Å². The molecule has 0 saturated carbocycles. The summed E-state index contributed by atoms with van der Waals surface area (Å²) in [7, 11) is 1.78. The normalized spacial score (nSPS) is 38.1. The number of fused-ring (bicyclic) bond motifs is 1. The SMILES string of the molecule is CN1C(=O)O[C@H]2CNC[C@@H]21. The van der Waals surface area contributed by atoms with E-state index in [4.69, 9.17) is 4.74 Å². The number of carbonyl (C=O) groups is 1. The lowest BCUT2D eigenvalue weighted by atomic mass is 10.2. The lowest BCUT2D eigenvalue weighted by Crippen LogP contribution is -2.33. The zero-order valence-corrected chi connectivity index (χ0v) is 5.83. The van der Waals surface area contributed by atoms with Crippen LogP contribution in [-0.2, 0) is 4.74 Å². The topological polar surface area (TPSA) is 41.6 Å². The third kappa shape index (κ3) is 0.623. The maximum absolute atomic E-state index is 10.9. The summed E-state index contributed by atoms with van der Waals surface area (Å²) in [4.78, 5) is 12.5. The second kappa shape index (κ2) is 1.85. The van der Waals surface area contributed by atoms with E-state index >= 15 is 0 Å². The summed E-state index contributed by atoms with van der Waals surface area (Å²) in [6, 6.07) is 0.271. The van der Waals surface area contributed by atoms with Crippen LogP contribution in [0.3, 0.4) is 0 Å². The molecule has 0 aromatic carbocycles. The van der Waals surface area contributed by atoms with Crippen molar-refractivity contribution in [2.24, 2.45) is 0 Å². The molecule has 2 saturated heterocycles. The predicted octanol–water partition coefficient (Wildman–Crippen LogP) is -0.591. The molecule has 0 radical (unpaired) electrons. The highest BCUT2D eigenvalue weighted by molar-refractivity contribution is 5.70. The lowest BCUT2D eigenvalue weighted by molar-refractivity contribution is 0.136.